The average molecular weight is 516 g/mol. The average Bonchev–Trinajstić information content (AvgIpc) is 3.20. The van der Waals surface area contributed by atoms with Gasteiger partial charge in [0.05, 0.1) is 10.0 Å². The Labute approximate surface area is 208 Å². The molecule has 0 saturated carbocycles. The maximum Gasteiger partial charge on any atom is 0.217 e. The van der Waals surface area contributed by atoms with Crippen molar-refractivity contribution < 1.29 is 4.39 Å². The summed E-state index contributed by atoms with van der Waals surface area (Å²) in [7, 11) is 0. The predicted molar refractivity (Wildman–Crippen MR) is 134 cm³/mol. The third-order valence-electron chi connectivity index (χ3n) is 4.99. The fourth-order valence-electron chi connectivity index (χ4n) is 3.30. The highest BCUT2D eigenvalue weighted by atomic mass is 35.5. The van der Waals surface area contributed by atoms with Gasteiger partial charge in [0.2, 0.25) is 5.16 Å². The van der Waals surface area contributed by atoms with Crippen LogP contribution in [0, 0.1) is 12.7 Å². The number of fused-ring (bicyclic) bond motifs is 1. The molecule has 0 N–H and O–H groups in total. The molecular formula is C24H14Cl3FN4S. The predicted octanol–water partition coefficient (Wildman–Crippen LogP) is 7.75. The van der Waals surface area contributed by atoms with Gasteiger partial charge in [0.1, 0.15) is 11.5 Å². The van der Waals surface area contributed by atoms with Crippen LogP contribution in [0.4, 0.5) is 4.39 Å². The summed E-state index contributed by atoms with van der Waals surface area (Å²) in [4.78, 5) is 0.890. The highest BCUT2D eigenvalue weighted by Gasteiger charge is 2.26. The monoisotopic (exact) mass is 514 g/mol. The fraction of sp³-hybridized carbons (Fsp3) is 0.0417. The standard InChI is InChI=1S/C24H14Cl3FN4S/c1-13-2-6-15(7-3-13)22-21(10-14-4-8-16(25)9-5-14)33-24-30-29-23(32(24)31-22)17-11-20(28)19(27)12-18(17)26/h2-12H,1H3/b21-10-. The number of halogens is 4. The molecule has 0 aliphatic carbocycles. The number of aryl methyl sites for hydroxylation is 1. The molecular weight excluding hydrogens is 502 g/mol. The number of aromatic nitrogens is 3. The van der Waals surface area contributed by atoms with E-state index in [9.17, 15) is 4.39 Å². The summed E-state index contributed by atoms with van der Waals surface area (Å²) in [6.07, 6.45) is 2.02. The second-order valence-corrected chi connectivity index (χ2v) is 9.60. The van der Waals surface area contributed by atoms with Crippen molar-refractivity contribution in [3.63, 3.8) is 0 Å². The van der Waals surface area contributed by atoms with Crippen LogP contribution in [-0.4, -0.2) is 20.6 Å². The molecule has 1 aliphatic heterocycles. The van der Waals surface area contributed by atoms with Crippen molar-refractivity contribution in [3.05, 3.63) is 103 Å². The molecule has 2 heterocycles. The zero-order valence-electron chi connectivity index (χ0n) is 17.1. The van der Waals surface area contributed by atoms with Gasteiger partial charge in [0.25, 0.3) is 0 Å². The van der Waals surface area contributed by atoms with Crippen molar-refractivity contribution >= 4 is 58.4 Å². The zero-order valence-corrected chi connectivity index (χ0v) is 20.1. The first-order valence-electron chi connectivity index (χ1n) is 9.81. The number of allylic oxidation sites excluding steroid dienone is 1. The van der Waals surface area contributed by atoms with Crippen molar-refractivity contribution in [1.29, 1.82) is 0 Å². The van der Waals surface area contributed by atoms with E-state index < -0.39 is 5.82 Å². The first-order chi connectivity index (χ1) is 15.9. The first-order valence-corrected chi connectivity index (χ1v) is 11.8. The molecule has 5 rings (SSSR count). The van der Waals surface area contributed by atoms with Crippen molar-refractivity contribution in [2.24, 2.45) is 5.10 Å². The minimum Gasteiger partial charge on any atom is -0.205 e. The van der Waals surface area contributed by atoms with Crippen LogP contribution in [0.25, 0.3) is 17.5 Å². The number of hydrogen-bond donors (Lipinski definition) is 0. The van der Waals surface area contributed by atoms with Gasteiger partial charge in [-0.3, -0.25) is 0 Å². The minimum atomic E-state index is -0.594. The second-order valence-electron chi connectivity index (χ2n) is 7.34. The van der Waals surface area contributed by atoms with Crippen molar-refractivity contribution in [2.75, 3.05) is 0 Å². The molecule has 4 aromatic rings. The molecule has 0 radical (unpaired) electrons. The summed E-state index contributed by atoms with van der Waals surface area (Å²) in [6, 6.07) is 18.2. The van der Waals surface area contributed by atoms with Gasteiger partial charge in [-0.15, -0.1) is 10.2 Å². The fourth-order valence-corrected chi connectivity index (χ4v) is 4.83. The Morgan fingerprint density at radius 2 is 1.64 bits per heavy atom. The molecule has 0 spiro atoms. The van der Waals surface area contributed by atoms with E-state index in [0.717, 1.165) is 27.3 Å². The smallest absolute Gasteiger partial charge is 0.205 e. The van der Waals surface area contributed by atoms with Crippen LogP contribution < -0.4 is 0 Å². The van der Waals surface area contributed by atoms with Crippen molar-refractivity contribution in [1.82, 2.24) is 14.9 Å². The number of rotatable bonds is 3. The largest absolute Gasteiger partial charge is 0.217 e. The lowest BCUT2D eigenvalue weighted by atomic mass is 10.1. The zero-order chi connectivity index (χ0) is 23.1. The number of hydrogen-bond acceptors (Lipinski definition) is 4. The Kier molecular flexibility index (Phi) is 6.01. The van der Waals surface area contributed by atoms with Crippen molar-refractivity contribution in [3.8, 4) is 11.4 Å². The van der Waals surface area contributed by atoms with Crippen LogP contribution >= 0.6 is 46.6 Å². The molecule has 1 aromatic heterocycles. The number of thioether (sulfide) groups is 1. The van der Waals surface area contributed by atoms with E-state index >= 15 is 0 Å². The summed E-state index contributed by atoms with van der Waals surface area (Å²) in [5.41, 5.74) is 4.12. The molecule has 33 heavy (non-hydrogen) atoms. The summed E-state index contributed by atoms with van der Waals surface area (Å²) in [5.74, 6) is -0.267. The van der Waals surface area contributed by atoms with E-state index in [1.54, 1.807) is 4.68 Å². The summed E-state index contributed by atoms with van der Waals surface area (Å²) < 4.78 is 15.8. The Morgan fingerprint density at radius 3 is 2.36 bits per heavy atom. The van der Waals surface area contributed by atoms with Gasteiger partial charge in [0.15, 0.2) is 5.82 Å². The molecule has 0 amide bonds. The Hall–Kier alpha value is -2.64. The Balaban J connectivity index is 1.67. The van der Waals surface area contributed by atoms with Gasteiger partial charge in [-0.25, -0.2) is 4.39 Å². The highest BCUT2D eigenvalue weighted by molar-refractivity contribution is 8.04. The molecule has 164 valence electrons. The Bertz CT molecular complexity index is 1430. The molecule has 0 fully saturated rings. The van der Waals surface area contributed by atoms with Crippen LogP contribution in [0.15, 0.2) is 75.8 Å². The maximum atomic E-state index is 14.2. The number of benzene rings is 3. The van der Waals surface area contributed by atoms with Crippen LogP contribution in [0.1, 0.15) is 16.7 Å². The van der Waals surface area contributed by atoms with Crippen LogP contribution in [0.5, 0.6) is 0 Å². The van der Waals surface area contributed by atoms with Crippen LogP contribution in [-0.2, 0) is 0 Å². The normalized spacial score (nSPS) is 14.3. The molecule has 0 saturated heterocycles. The lowest BCUT2D eigenvalue weighted by Gasteiger charge is -2.18. The van der Waals surface area contributed by atoms with Gasteiger partial charge in [-0.2, -0.15) is 9.78 Å². The summed E-state index contributed by atoms with van der Waals surface area (Å²) in [5, 5.41) is 14.8. The quantitative estimate of drug-likeness (QED) is 0.262. The molecule has 9 heteroatoms. The third kappa shape index (κ3) is 4.44. The molecule has 4 nitrogen and oxygen atoms in total. The van der Waals surface area contributed by atoms with E-state index in [1.165, 1.54) is 23.9 Å². The second kappa shape index (κ2) is 8.95. The molecule has 0 atom stereocenters. The van der Waals surface area contributed by atoms with Gasteiger partial charge in [-0.05, 0) is 54.6 Å². The SMILES string of the molecule is Cc1ccc(C2=Nn3c(nnc3-c3cc(F)c(Cl)cc3Cl)S/C2=C\c2ccc(Cl)cc2)cc1. The lowest BCUT2D eigenvalue weighted by molar-refractivity contribution is 0.628. The summed E-state index contributed by atoms with van der Waals surface area (Å²) >= 11 is 19.7. The molecule has 3 aromatic carbocycles. The van der Waals surface area contributed by atoms with Gasteiger partial charge in [0, 0.05) is 21.1 Å². The van der Waals surface area contributed by atoms with E-state index in [2.05, 4.69) is 10.2 Å². The van der Waals surface area contributed by atoms with Crippen LogP contribution in [0.3, 0.4) is 0 Å². The van der Waals surface area contributed by atoms with Crippen LogP contribution in [0.2, 0.25) is 15.1 Å². The van der Waals surface area contributed by atoms with Gasteiger partial charge >= 0.3 is 0 Å². The highest BCUT2D eigenvalue weighted by Crippen LogP contribution is 2.39. The van der Waals surface area contributed by atoms with Gasteiger partial charge in [-0.1, -0.05) is 76.8 Å². The van der Waals surface area contributed by atoms with Crippen molar-refractivity contribution in [2.45, 2.75) is 12.1 Å². The molecule has 0 unspecified atom stereocenters. The van der Waals surface area contributed by atoms with E-state index in [0.29, 0.717) is 21.6 Å². The van der Waals surface area contributed by atoms with E-state index in [4.69, 9.17) is 39.9 Å². The summed E-state index contributed by atoms with van der Waals surface area (Å²) in [6.45, 7) is 2.03. The number of nitrogens with zero attached hydrogens (tertiary/aromatic N) is 4. The minimum absolute atomic E-state index is 0.0615. The first kappa shape index (κ1) is 22.2. The third-order valence-corrected chi connectivity index (χ3v) is 6.81. The Morgan fingerprint density at radius 1 is 0.909 bits per heavy atom. The molecule has 0 bridgehead atoms. The lowest BCUT2D eigenvalue weighted by Crippen LogP contribution is -2.12. The van der Waals surface area contributed by atoms with Gasteiger partial charge < -0.3 is 0 Å². The topological polar surface area (TPSA) is 43.1 Å². The van der Waals surface area contributed by atoms with E-state index in [-0.39, 0.29) is 10.0 Å². The maximum absolute atomic E-state index is 14.2. The van der Waals surface area contributed by atoms with E-state index in [1.807, 2.05) is 61.5 Å². The molecule has 1 aliphatic rings.